The van der Waals surface area contributed by atoms with E-state index in [9.17, 15) is 0 Å². The number of furan rings is 1. The Balaban J connectivity index is 1.13. The Morgan fingerprint density at radius 2 is 1.16 bits per heavy atom. The fourth-order valence-corrected chi connectivity index (χ4v) is 8.81. The smallest absolute Gasteiger partial charge is 0.136 e. The first-order valence-corrected chi connectivity index (χ1v) is 17.0. The highest BCUT2D eigenvalue weighted by atomic mass is 16.5. The van der Waals surface area contributed by atoms with Crippen molar-refractivity contribution in [3.63, 3.8) is 0 Å². The van der Waals surface area contributed by atoms with Crippen LogP contribution in [-0.4, -0.2) is 0 Å². The van der Waals surface area contributed by atoms with Gasteiger partial charge in [-0.2, -0.15) is 0 Å². The van der Waals surface area contributed by atoms with E-state index in [1.807, 2.05) is 12.1 Å². The largest absolute Gasteiger partial charge is 0.456 e. The predicted octanol–water partition coefficient (Wildman–Crippen LogP) is 13.3. The van der Waals surface area contributed by atoms with E-state index in [4.69, 9.17) is 9.15 Å². The molecule has 1 aromatic heterocycles. The van der Waals surface area contributed by atoms with Crippen LogP contribution in [0.1, 0.15) is 25.0 Å². The van der Waals surface area contributed by atoms with Crippen LogP contribution in [0.2, 0.25) is 0 Å². The van der Waals surface area contributed by atoms with Crippen molar-refractivity contribution >= 4 is 43.5 Å². The first-order chi connectivity index (χ1) is 24.0. The van der Waals surface area contributed by atoms with Gasteiger partial charge in [0.1, 0.15) is 22.7 Å². The summed E-state index contributed by atoms with van der Waals surface area (Å²) in [7, 11) is 0. The summed E-state index contributed by atoms with van der Waals surface area (Å²) in [4.78, 5) is 0. The van der Waals surface area contributed by atoms with Crippen LogP contribution in [0.25, 0.3) is 88.0 Å². The maximum Gasteiger partial charge on any atom is 0.136 e. The third kappa shape index (κ3) is 3.61. The summed E-state index contributed by atoms with van der Waals surface area (Å²) in [5, 5.41) is 7.24. The summed E-state index contributed by atoms with van der Waals surface area (Å²) in [5.74, 6) is 1.83. The topological polar surface area (TPSA) is 22.4 Å². The molecule has 0 amide bonds. The highest BCUT2D eigenvalue weighted by molar-refractivity contribution is 6.12. The normalized spacial score (nSPS) is 13.8. The van der Waals surface area contributed by atoms with Gasteiger partial charge < -0.3 is 9.15 Å². The van der Waals surface area contributed by atoms with Crippen LogP contribution in [0.5, 0.6) is 11.5 Å². The van der Waals surface area contributed by atoms with Gasteiger partial charge in [0.15, 0.2) is 0 Å². The van der Waals surface area contributed by atoms with Crippen molar-refractivity contribution in [1.29, 1.82) is 0 Å². The SMILES string of the molecule is CC1(C)c2cc(-c3ccc4c5c(cccc35)-c3ccccc3O4)ccc2-c2c1c(-c1ccc3c(c1)oc1ccccc13)cc1ccccc21. The molecular weight excluding hydrogens is 597 g/mol. The molecule has 11 rings (SSSR count). The first-order valence-electron chi connectivity index (χ1n) is 17.0. The second-order valence-electron chi connectivity index (χ2n) is 14.0. The number of fused-ring (bicyclic) bond motifs is 10. The number of para-hydroxylation sites is 2. The minimum atomic E-state index is -0.239. The summed E-state index contributed by atoms with van der Waals surface area (Å²) in [6.07, 6.45) is 0. The predicted molar refractivity (Wildman–Crippen MR) is 203 cm³/mol. The first kappa shape index (κ1) is 26.9. The van der Waals surface area contributed by atoms with Crippen molar-refractivity contribution in [2.45, 2.75) is 19.3 Å². The molecule has 8 aromatic carbocycles. The van der Waals surface area contributed by atoms with Gasteiger partial charge in [-0.1, -0.05) is 117 Å². The molecule has 2 aliphatic rings. The lowest BCUT2D eigenvalue weighted by Crippen LogP contribution is -2.16. The monoisotopic (exact) mass is 626 g/mol. The second kappa shape index (κ2) is 9.49. The van der Waals surface area contributed by atoms with E-state index < -0.39 is 0 Å². The van der Waals surface area contributed by atoms with Gasteiger partial charge in [0.25, 0.3) is 0 Å². The van der Waals surface area contributed by atoms with E-state index in [1.165, 1.54) is 71.6 Å². The van der Waals surface area contributed by atoms with Crippen LogP contribution in [0, 0.1) is 0 Å². The fraction of sp³-hybridized carbons (Fsp3) is 0.0638. The van der Waals surface area contributed by atoms with E-state index in [2.05, 4.69) is 147 Å². The molecule has 1 aliphatic heterocycles. The van der Waals surface area contributed by atoms with Gasteiger partial charge in [0, 0.05) is 27.1 Å². The summed E-state index contributed by atoms with van der Waals surface area (Å²) < 4.78 is 12.8. The zero-order valence-corrected chi connectivity index (χ0v) is 27.2. The molecule has 0 fully saturated rings. The molecule has 0 atom stereocenters. The number of rotatable bonds is 2. The van der Waals surface area contributed by atoms with Gasteiger partial charge >= 0.3 is 0 Å². The molecule has 0 bridgehead atoms. The highest BCUT2D eigenvalue weighted by Gasteiger charge is 2.39. The van der Waals surface area contributed by atoms with E-state index in [1.54, 1.807) is 0 Å². The van der Waals surface area contributed by atoms with E-state index in [0.29, 0.717) is 0 Å². The van der Waals surface area contributed by atoms with Crippen molar-refractivity contribution < 1.29 is 9.15 Å². The van der Waals surface area contributed by atoms with Crippen molar-refractivity contribution in [2.24, 2.45) is 0 Å². The van der Waals surface area contributed by atoms with E-state index in [0.717, 1.165) is 39.0 Å². The standard InChI is InChI=1S/C47H30O2/c1-47(2)39-25-28(30-22-23-42-44-35(30)14-9-15-36(44)33-13-6-8-17-41(33)48-42)19-21-37(39)45-31-11-4-3-10-27(31)24-38(46(45)47)29-18-20-34-32-12-5-7-16-40(32)49-43(34)26-29/h3-26H,1-2H3. The average Bonchev–Trinajstić information content (AvgIpc) is 3.63. The lowest BCUT2D eigenvalue weighted by Gasteiger charge is -2.26. The number of ether oxygens (including phenoxy) is 1. The molecule has 0 saturated heterocycles. The molecule has 2 heterocycles. The number of benzene rings is 8. The molecule has 2 nitrogen and oxygen atoms in total. The Labute approximate surface area is 283 Å². The van der Waals surface area contributed by atoms with Gasteiger partial charge in [-0.3, -0.25) is 0 Å². The van der Waals surface area contributed by atoms with Crippen molar-refractivity contribution in [3.8, 4) is 56.0 Å². The average molecular weight is 627 g/mol. The van der Waals surface area contributed by atoms with Crippen LogP contribution in [0.15, 0.2) is 150 Å². The van der Waals surface area contributed by atoms with Crippen molar-refractivity contribution in [1.82, 2.24) is 0 Å². The fourth-order valence-electron chi connectivity index (χ4n) is 8.81. The van der Waals surface area contributed by atoms with Gasteiger partial charge in [-0.05, 0) is 109 Å². The van der Waals surface area contributed by atoms with E-state index >= 15 is 0 Å². The van der Waals surface area contributed by atoms with Crippen molar-refractivity contribution in [3.05, 3.63) is 157 Å². The lowest BCUT2D eigenvalue weighted by atomic mass is 9.77. The van der Waals surface area contributed by atoms with Crippen LogP contribution >= 0.6 is 0 Å². The molecule has 0 saturated carbocycles. The summed E-state index contributed by atoms with van der Waals surface area (Å²) in [6, 6.07) is 52.7. The molecule has 230 valence electrons. The van der Waals surface area contributed by atoms with Gasteiger partial charge in [-0.15, -0.1) is 0 Å². The Bertz CT molecular complexity index is 2880. The van der Waals surface area contributed by atoms with Gasteiger partial charge in [0.05, 0.1) is 0 Å². The number of hydrogen-bond donors (Lipinski definition) is 0. The van der Waals surface area contributed by atoms with Crippen LogP contribution in [-0.2, 0) is 5.41 Å². The quantitative estimate of drug-likeness (QED) is 0.190. The lowest BCUT2D eigenvalue weighted by molar-refractivity contribution is 0.487. The molecule has 9 aromatic rings. The van der Waals surface area contributed by atoms with Crippen LogP contribution in [0.3, 0.4) is 0 Å². The van der Waals surface area contributed by atoms with Gasteiger partial charge in [-0.25, -0.2) is 0 Å². The molecule has 0 radical (unpaired) electrons. The summed E-state index contributed by atoms with van der Waals surface area (Å²) in [6.45, 7) is 4.78. The third-order valence-electron chi connectivity index (χ3n) is 11.0. The zero-order valence-electron chi connectivity index (χ0n) is 27.2. The summed E-state index contributed by atoms with van der Waals surface area (Å²) in [5.41, 5.74) is 14.2. The highest BCUT2D eigenvalue weighted by Crippen LogP contribution is 2.56. The molecule has 0 unspecified atom stereocenters. The minimum absolute atomic E-state index is 0.239. The van der Waals surface area contributed by atoms with Crippen LogP contribution < -0.4 is 4.74 Å². The second-order valence-corrected chi connectivity index (χ2v) is 14.0. The third-order valence-corrected chi connectivity index (χ3v) is 11.0. The Kier molecular flexibility index (Phi) is 5.21. The molecule has 2 heteroatoms. The van der Waals surface area contributed by atoms with E-state index in [-0.39, 0.29) is 5.41 Å². The van der Waals surface area contributed by atoms with Crippen LogP contribution in [0.4, 0.5) is 0 Å². The Morgan fingerprint density at radius 1 is 0.449 bits per heavy atom. The molecule has 49 heavy (non-hydrogen) atoms. The maximum atomic E-state index is 6.42. The molecule has 0 spiro atoms. The maximum absolute atomic E-state index is 6.42. The zero-order chi connectivity index (χ0) is 32.4. The minimum Gasteiger partial charge on any atom is -0.456 e. The molecule has 1 aliphatic carbocycles. The molecular formula is C47H30O2. The number of hydrogen-bond acceptors (Lipinski definition) is 2. The summed E-state index contributed by atoms with van der Waals surface area (Å²) >= 11 is 0. The Hall–Kier alpha value is -6.12. The Morgan fingerprint density at radius 3 is 2.10 bits per heavy atom. The molecule has 0 N–H and O–H groups in total. The van der Waals surface area contributed by atoms with Gasteiger partial charge in [0.2, 0.25) is 0 Å². The van der Waals surface area contributed by atoms with Crippen molar-refractivity contribution in [2.75, 3.05) is 0 Å².